The highest BCUT2D eigenvalue weighted by Gasteiger charge is 2.42. The number of pyridine rings is 1. The molecule has 0 bridgehead atoms. The van der Waals surface area contributed by atoms with Gasteiger partial charge in [-0.05, 0) is 30.7 Å². The molecule has 1 aromatic carbocycles. The molecular weight excluding hydrogens is 368 g/mol. The highest BCUT2D eigenvalue weighted by Crippen LogP contribution is 2.29. The molecule has 1 saturated heterocycles. The number of Topliss-reactive ketones (excluding diaryl/α,β-unsaturated/α-hetero) is 1. The van der Waals surface area contributed by atoms with Gasteiger partial charge in [-0.15, -0.1) is 0 Å². The monoisotopic (exact) mass is 386 g/mol. The van der Waals surface area contributed by atoms with Gasteiger partial charge < -0.3 is 10.6 Å². The van der Waals surface area contributed by atoms with E-state index < -0.39 is 11.4 Å². The van der Waals surface area contributed by atoms with Crippen LogP contribution in [0.5, 0.6) is 0 Å². The first-order valence-corrected chi connectivity index (χ1v) is 8.78. The molecule has 27 heavy (non-hydrogen) atoms. The summed E-state index contributed by atoms with van der Waals surface area (Å²) in [6.07, 6.45) is 4.76. The molecule has 1 aliphatic heterocycles. The van der Waals surface area contributed by atoms with E-state index in [-0.39, 0.29) is 5.78 Å². The Balaban J connectivity index is 1.84. The highest BCUT2D eigenvalue weighted by atomic mass is 35.5. The van der Waals surface area contributed by atoms with Crippen LogP contribution in [-0.4, -0.2) is 40.5 Å². The maximum atomic E-state index is 13.1. The lowest BCUT2D eigenvalue weighted by molar-refractivity contribution is -0.124. The molecule has 1 fully saturated rings. The Morgan fingerprint density at radius 2 is 2.07 bits per heavy atom. The fraction of sp³-hybridized carbons (Fsp3) is 0.211. The van der Waals surface area contributed by atoms with Crippen molar-refractivity contribution in [2.24, 2.45) is 0 Å². The Bertz CT molecular complexity index is 865. The van der Waals surface area contributed by atoms with E-state index in [9.17, 15) is 9.59 Å². The second kappa shape index (κ2) is 8.30. The van der Waals surface area contributed by atoms with Crippen LogP contribution in [0.25, 0.3) is 6.08 Å². The summed E-state index contributed by atoms with van der Waals surface area (Å²) in [5.41, 5.74) is 1.89. The summed E-state index contributed by atoms with van der Waals surface area (Å²) in [5, 5.41) is 15.3. The number of aromatic nitrogens is 1. The van der Waals surface area contributed by atoms with Crippen molar-refractivity contribution in [1.29, 1.82) is 0 Å². The van der Waals surface area contributed by atoms with E-state index in [1.807, 2.05) is 18.2 Å². The number of hydrogen-bond acceptors (Lipinski definition) is 6. The van der Waals surface area contributed by atoms with E-state index >= 15 is 0 Å². The summed E-state index contributed by atoms with van der Waals surface area (Å²) < 4.78 is 0. The molecule has 1 aromatic heterocycles. The number of rotatable bonds is 6. The summed E-state index contributed by atoms with van der Waals surface area (Å²) in [6.45, 7) is 1.18. The second-order valence-corrected chi connectivity index (χ2v) is 6.64. The molecular formula is C19H19ClN4O3. The smallest absolute Gasteiger partial charge is 0.267 e. The van der Waals surface area contributed by atoms with Crippen LogP contribution in [0.2, 0.25) is 5.02 Å². The number of hydrogen-bond donors (Lipinski definition) is 4. The van der Waals surface area contributed by atoms with E-state index in [0.717, 1.165) is 6.08 Å². The number of anilines is 1. The van der Waals surface area contributed by atoms with E-state index in [1.54, 1.807) is 18.2 Å². The first kappa shape index (κ1) is 19.0. The van der Waals surface area contributed by atoms with Gasteiger partial charge in [-0.1, -0.05) is 41.9 Å². The molecule has 0 aliphatic carbocycles. The molecule has 1 atom stereocenters. The van der Waals surface area contributed by atoms with Gasteiger partial charge in [0, 0.05) is 24.4 Å². The first-order chi connectivity index (χ1) is 13.0. The lowest BCUT2D eigenvalue weighted by Crippen LogP contribution is -2.48. The summed E-state index contributed by atoms with van der Waals surface area (Å²) in [7, 11) is 0. The molecule has 8 heteroatoms. The fourth-order valence-electron chi connectivity index (χ4n) is 2.99. The maximum absolute atomic E-state index is 13.1. The van der Waals surface area contributed by atoms with Crippen molar-refractivity contribution >= 4 is 35.2 Å². The number of carbonyl (C=O) groups excluding carboxylic acids is 2. The third-order valence-electron chi connectivity index (χ3n) is 4.38. The predicted octanol–water partition coefficient (Wildman–Crippen LogP) is 2.28. The molecule has 4 N–H and O–H groups in total. The van der Waals surface area contributed by atoms with Crippen LogP contribution in [-0.2, 0) is 4.79 Å². The zero-order valence-corrected chi connectivity index (χ0v) is 15.2. The normalized spacial score (nSPS) is 19.2. The van der Waals surface area contributed by atoms with Crippen LogP contribution in [0.1, 0.15) is 22.3 Å². The van der Waals surface area contributed by atoms with Gasteiger partial charge in [-0.2, -0.15) is 0 Å². The summed E-state index contributed by atoms with van der Waals surface area (Å²) in [4.78, 5) is 28.5. The highest BCUT2D eigenvalue weighted by molar-refractivity contribution is 6.33. The van der Waals surface area contributed by atoms with Gasteiger partial charge in [0.2, 0.25) is 0 Å². The minimum absolute atomic E-state index is 0.0189. The first-order valence-electron chi connectivity index (χ1n) is 8.40. The number of benzene rings is 1. The molecule has 1 aliphatic rings. The molecule has 2 aromatic rings. The maximum Gasteiger partial charge on any atom is 0.267 e. The molecule has 0 spiro atoms. The molecule has 2 heterocycles. The molecule has 0 saturated carbocycles. The minimum Gasteiger partial charge on any atom is -0.355 e. The quantitative estimate of drug-likeness (QED) is 0.263. The van der Waals surface area contributed by atoms with Gasteiger partial charge in [0.25, 0.3) is 5.91 Å². The SMILES string of the molecule is O=C(/C=C/c1cnc(N[C@]2(C(=O)c3ccccc3)CCNC2)c(Cl)c1)NO. The van der Waals surface area contributed by atoms with Gasteiger partial charge in [-0.3, -0.25) is 14.8 Å². The average Bonchev–Trinajstić information content (AvgIpc) is 3.17. The Morgan fingerprint density at radius 3 is 2.70 bits per heavy atom. The number of halogens is 1. The fourth-order valence-corrected chi connectivity index (χ4v) is 3.21. The zero-order chi connectivity index (χ0) is 19.3. The molecule has 0 unspecified atom stereocenters. The Morgan fingerprint density at radius 1 is 1.30 bits per heavy atom. The number of amides is 1. The largest absolute Gasteiger partial charge is 0.355 e. The Kier molecular flexibility index (Phi) is 5.85. The number of hydroxylamine groups is 1. The predicted molar refractivity (Wildman–Crippen MR) is 103 cm³/mol. The van der Waals surface area contributed by atoms with Crippen molar-refractivity contribution in [2.45, 2.75) is 12.0 Å². The lowest BCUT2D eigenvalue weighted by Gasteiger charge is -2.29. The minimum atomic E-state index is -0.827. The van der Waals surface area contributed by atoms with Crippen LogP contribution in [0.3, 0.4) is 0 Å². The standard InChI is InChI=1S/C19H19ClN4O3/c20-15-10-13(6-7-16(25)24-27)11-22-18(15)23-19(8-9-21-12-19)17(26)14-4-2-1-3-5-14/h1-7,10-11,21,27H,8-9,12H2,(H,22,23)(H,24,25)/b7-6+/t19-/m1/s1. The number of carbonyl (C=O) groups is 2. The van der Waals surface area contributed by atoms with Crippen LogP contribution < -0.4 is 16.1 Å². The summed E-state index contributed by atoms with van der Waals surface area (Å²) >= 11 is 6.33. The van der Waals surface area contributed by atoms with E-state index in [0.29, 0.717) is 41.5 Å². The van der Waals surface area contributed by atoms with Crippen molar-refractivity contribution in [1.82, 2.24) is 15.8 Å². The molecule has 140 valence electrons. The molecule has 3 rings (SSSR count). The number of nitrogens with one attached hydrogen (secondary N) is 3. The number of nitrogens with zero attached hydrogens (tertiary/aromatic N) is 1. The van der Waals surface area contributed by atoms with Crippen LogP contribution in [0.15, 0.2) is 48.7 Å². The second-order valence-electron chi connectivity index (χ2n) is 6.24. The third kappa shape index (κ3) is 4.33. The number of ketones is 1. The van der Waals surface area contributed by atoms with Gasteiger partial charge in [0.15, 0.2) is 5.78 Å². The lowest BCUT2D eigenvalue weighted by atomic mass is 9.88. The van der Waals surface area contributed by atoms with Crippen molar-refractivity contribution in [3.63, 3.8) is 0 Å². The van der Waals surface area contributed by atoms with Gasteiger partial charge in [-0.25, -0.2) is 10.5 Å². The molecule has 0 radical (unpaired) electrons. The van der Waals surface area contributed by atoms with Crippen molar-refractivity contribution in [3.8, 4) is 0 Å². The molecule has 1 amide bonds. The van der Waals surface area contributed by atoms with E-state index in [2.05, 4.69) is 15.6 Å². The van der Waals surface area contributed by atoms with Crippen LogP contribution in [0, 0.1) is 0 Å². The Labute approximate surface area is 161 Å². The van der Waals surface area contributed by atoms with E-state index in [4.69, 9.17) is 16.8 Å². The van der Waals surface area contributed by atoms with Crippen molar-refractivity contribution < 1.29 is 14.8 Å². The van der Waals surface area contributed by atoms with Crippen molar-refractivity contribution in [2.75, 3.05) is 18.4 Å². The van der Waals surface area contributed by atoms with Gasteiger partial charge in [0.05, 0.1) is 5.02 Å². The Hall–Kier alpha value is -2.74. The van der Waals surface area contributed by atoms with Crippen LogP contribution in [0.4, 0.5) is 5.82 Å². The van der Waals surface area contributed by atoms with Crippen molar-refractivity contribution in [3.05, 3.63) is 64.8 Å². The topological polar surface area (TPSA) is 103 Å². The van der Waals surface area contributed by atoms with E-state index in [1.165, 1.54) is 17.8 Å². The zero-order valence-electron chi connectivity index (χ0n) is 14.4. The van der Waals surface area contributed by atoms with Crippen LogP contribution >= 0.6 is 11.6 Å². The average molecular weight is 387 g/mol. The summed E-state index contributed by atoms with van der Waals surface area (Å²) in [6, 6.07) is 10.7. The van der Waals surface area contributed by atoms with Gasteiger partial charge >= 0.3 is 0 Å². The third-order valence-corrected chi connectivity index (χ3v) is 4.67. The van der Waals surface area contributed by atoms with Gasteiger partial charge in [0.1, 0.15) is 11.4 Å². The molecule has 7 nitrogen and oxygen atoms in total. The summed E-state index contributed by atoms with van der Waals surface area (Å²) in [5.74, 6) is -0.277.